The van der Waals surface area contributed by atoms with Gasteiger partial charge in [0.15, 0.2) is 0 Å². The topological polar surface area (TPSA) is 105 Å². The third-order valence-corrected chi connectivity index (χ3v) is 8.54. The van der Waals surface area contributed by atoms with E-state index in [0.717, 1.165) is 9.98 Å². The number of rotatable bonds is 8. The molecule has 0 aliphatic carbocycles. The Kier molecular flexibility index (Phi) is 6.63. The summed E-state index contributed by atoms with van der Waals surface area (Å²) < 4.78 is 59.5. The summed E-state index contributed by atoms with van der Waals surface area (Å²) in [5.74, 6) is 0.641. The number of nitrogens with zero attached hydrogens (tertiary/aromatic N) is 2. The lowest BCUT2D eigenvalue weighted by Crippen LogP contribution is -2.27. The second kappa shape index (κ2) is 9.47. The highest BCUT2D eigenvalue weighted by Crippen LogP contribution is 2.37. The maximum Gasteiger partial charge on any atom is 0.279 e. The van der Waals surface area contributed by atoms with Crippen molar-refractivity contribution in [2.24, 2.45) is 5.10 Å². The molecule has 34 heavy (non-hydrogen) atoms. The van der Waals surface area contributed by atoms with Gasteiger partial charge in [-0.2, -0.15) is 17.9 Å². The molecule has 1 N–H and O–H groups in total. The van der Waals surface area contributed by atoms with Gasteiger partial charge in [0.05, 0.1) is 29.5 Å². The summed E-state index contributed by atoms with van der Waals surface area (Å²) in [6.07, 6.45) is 0.360. The van der Waals surface area contributed by atoms with Gasteiger partial charge in [0.2, 0.25) is 10.0 Å². The lowest BCUT2D eigenvalue weighted by molar-refractivity contribution is 0.370. The van der Waals surface area contributed by atoms with E-state index in [4.69, 9.17) is 4.74 Å². The Bertz CT molecular complexity index is 1390. The molecular formula is C24H25N3O5S2. The van der Waals surface area contributed by atoms with Crippen molar-refractivity contribution < 1.29 is 21.6 Å². The van der Waals surface area contributed by atoms with Crippen LogP contribution in [0.3, 0.4) is 0 Å². The van der Waals surface area contributed by atoms with Crippen molar-refractivity contribution in [2.75, 3.05) is 17.6 Å². The lowest BCUT2D eigenvalue weighted by Gasteiger charge is -2.23. The van der Waals surface area contributed by atoms with Gasteiger partial charge in [-0.25, -0.2) is 8.42 Å². The smallest absolute Gasteiger partial charge is 0.279 e. The van der Waals surface area contributed by atoms with Gasteiger partial charge >= 0.3 is 0 Å². The molecule has 1 aliphatic heterocycles. The van der Waals surface area contributed by atoms with Gasteiger partial charge in [-0.05, 0) is 54.4 Å². The summed E-state index contributed by atoms with van der Waals surface area (Å²) in [7, 11) is -5.73. The molecule has 10 heteroatoms. The first-order chi connectivity index (χ1) is 16.2. The van der Waals surface area contributed by atoms with Crippen molar-refractivity contribution in [3.8, 4) is 5.75 Å². The Morgan fingerprint density at radius 1 is 0.941 bits per heavy atom. The molecule has 178 valence electrons. The third kappa shape index (κ3) is 4.92. The number of hydrazone groups is 1. The lowest BCUT2D eigenvalue weighted by atomic mass is 9.99. The van der Waals surface area contributed by atoms with Crippen LogP contribution in [-0.2, 0) is 20.0 Å². The van der Waals surface area contributed by atoms with Crippen molar-refractivity contribution >= 4 is 31.4 Å². The zero-order valence-electron chi connectivity index (χ0n) is 18.7. The fourth-order valence-corrected chi connectivity index (χ4v) is 5.74. The first kappa shape index (κ1) is 23.8. The van der Waals surface area contributed by atoms with Gasteiger partial charge < -0.3 is 4.74 Å². The number of hydrogen-bond donors (Lipinski definition) is 1. The Morgan fingerprint density at radius 2 is 1.59 bits per heavy atom. The largest absolute Gasteiger partial charge is 0.497 e. The van der Waals surface area contributed by atoms with Crippen LogP contribution in [0.1, 0.15) is 30.5 Å². The maximum atomic E-state index is 13.5. The summed E-state index contributed by atoms with van der Waals surface area (Å²) in [5, 5.41) is 4.52. The minimum Gasteiger partial charge on any atom is -0.497 e. The van der Waals surface area contributed by atoms with E-state index in [1.54, 1.807) is 80.8 Å². The fourth-order valence-electron chi connectivity index (χ4n) is 3.64. The normalized spacial score (nSPS) is 16.2. The standard InChI is InChI=1S/C24H25N3O5S2/c1-3-33(28,29)26-20-13-9-18(10-14-20)23-17-24(19-11-15-21(32-2)16-12-19)27(25-23)34(30,31)22-7-5-4-6-8-22/h4-16,24,26H,3,17H2,1-2H3/t24-/m1/s1. The Balaban J connectivity index is 1.70. The third-order valence-electron chi connectivity index (χ3n) is 5.53. The van der Waals surface area contributed by atoms with Crippen molar-refractivity contribution in [3.63, 3.8) is 0 Å². The van der Waals surface area contributed by atoms with E-state index >= 15 is 0 Å². The average molecular weight is 500 g/mol. The molecule has 0 aromatic heterocycles. The van der Waals surface area contributed by atoms with Gasteiger partial charge in [-0.3, -0.25) is 4.72 Å². The summed E-state index contributed by atoms with van der Waals surface area (Å²) in [4.78, 5) is 0.155. The highest BCUT2D eigenvalue weighted by atomic mass is 32.2. The van der Waals surface area contributed by atoms with Crippen LogP contribution in [0.4, 0.5) is 5.69 Å². The van der Waals surface area contributed by atoms with Crippen LogP contribution in [0.2, 0.25) is 0 Å². The molecule has 4 rings (SSSR count). The second-order valence-electron chi connectivity index (χ2n) is 7.71. The van der Waals surface area contributed by atoms with E-state index in [2.05, 4.69) is 9.82 Å². The molecule has 0 bridgehead atoms. The van der Waals surface area contributed by atoms with E-state index in [0.29, 0.717) is 29.1 Å². The van der Waals surface area contributed by atoms with Crippen LogP contribution in [0.25, 0.3) is 0 Å². The Labute approximate surface area is 200 Å². The van der Waals surface area contributed by atoms with Crippen LogP contribution < -0.4 is 9.46 Å². The Hall–Kier alpha value is -3.37. The van der Waals surface area contributed by atoms with E-state index in [9.17, 15) is 16.8 Å². The molecule has 1 atom stereocenters. The van der Waals surface area contributed by atoms with E-state index in [-0.39, 0.29) is 10.6 Å². The minimum absolute atomic E-state index is 0.0304. The van der Waals surface area contributed by atoms with Gasteiger partial charge in [-0.15, -0.1) is 0 Å². The summed E-state index contributed by atoms with van der Waals surface area (Å²) >= 11 is 0. The molecule has 0 unspecified atom stereocenters. The van der Waals surface area contributed by atoms with E-state index in [1.807, 2.05) is 12.1 Å². The molecule has 0 spiro atoms. The Morgan fingerprint density at radius 3 is 2.18 bits per heavy atom. The number of anilines is 1. The van der Waals surface area contributed by atoms with E-state index < -0.39 is 26.1 Å². The number of nitrogens with one attached hydrogen (secondary N) is 1. The maximum absolute atomic E-state index is 13.5. The number of methoxy groups -OCH3 is 1. The van der Waals surface area contributed by atoms with Crippen molar-refractivity contribution in [1.29, 1.82) is 0 Å². The molecular weight excluding hydrogens is 474 g/mol. The van der Waals surface area contributed by atoms with Crippen molar-refractivity contribution in [3.05, 3.63) is 90.0 Å². The van der Waals surface area contributed by atoms with Crippen LogP contribution in [0, 0.1) is 0 Å². The molecule has 0 fully saturated rings. The summed E-state index contributed by atoms with van der Waals surface area (Å²) in [5.41, 5.74) is 2.52. The number of hydrogen-bond acceptors (Lipinski definition) is 6. The highest BCUT2D eigenvalue weighted by Gasteiger charge is 2.37. The average Bonchev–Trinajstić information content (AvgIpc) is 3.31. The van der Waals surface area contributed by atoms with Crippen LogP contribution in [-0.4, -0.2) is 39.8 Å². The van der Waals surface area contributed by atoms with E-state index in [1.165, 1.54) is 0 Å². The van der Waals surface area contributed by atoms with Gasteiger partial charge in [0.1, 0.15) is 5.75 Å². The number of ether oxygens (including phenoxy) is 1. The monoisotopic (exact) mass is 499 g/mol. The molecule has 8 nitrogen and oxygen atoms in total. The minimum atomic E-state index is -3.91. The predicted octanol–water partition coefficient (Wildman–Crippen LogP) is 4.00. The van der Waals surface area contributed by atoms with Gasteiger partial charge in [0.25, 0.3) is 10.0 Å². The SMILES string of the molecule is CCS(=O)(=O)Nc1ccc(C2=NN(S(=O)(=O)c3ccccc3)[C@@H](c3ccc(OC)cc3)C2)cc1. The molecule has 1 aliphatic rings. The van der Waals surface area contributed by atoms with Crippen LogP contribution >= 0.6 is 0 Å². The zero-order chi connectivity index (χ0) is 24.3. The second-order valence-corrected chi connectivity index (χ2v) is 11.5. The van der Waals surface area contributed by atoms with Gasteiger partial charge in [0, 0.05) is 12.1 Å². The molecule has 3 aromatic carbocycles. The van der Waals surface area contributed by atoms with Crippen molar-refractivity contribution in [1.82, 2.24) is 4.41 Å². The fraction of sp³-hybridized carbons (Fsp3) is 0.208. The van der Waals surface area contributed by atoms with Gasteiger partial charge in [-0.1, -0.05) is 42.5 Å². The predicted molar refractivity (Wildman–Crippen MR) is 132 cm³/mol. The molecule has 0 radical (unpaired) electrons. The number of benzene rings is 3. The number of sulfonamides is 2. The zero-order valence-corrected chi connectivity index (χ0v) is 20.4. The molecule has 0 saturated carbocycles. The first-order valence-corrected chi connectivity index (χ1v) is 13.7. The van der Waals surface area contributed by atoms with Crippen LogP contribution in [0.5, 0.6) is 5.75 Å². The quantitative estimate of drug-likeness (QED) is 0.504. The summed E-state index contributed by atoms with van der Waals surface area (Å²) in [6.45, 7) is 1.56. The highest BCUT2D eigenvalue weighted by molar-refractivity contribution is 7.92. The molecule has 1 heterocycles. The summed E-state index contributed by atoms with van der Waals surface area (Å²) in [6, 6.07) is 21.6. The van der Waals surface area contributed by atoms with Crippen LogP contribution in [0.15, 0.2) is 88.9 Å². The van der Waals surface area contributed by atoms with Crippen molar-refractivity contribution in [2.45, 2.75) is 24.3 Å². The first-order valence-electron chi connectivity index (χ1n) is 10.7. The molecule has 0 saturated heterocycles. The molecule has 0 amide bonds. The molecule has 3 aromatic rings.